The maximum absolute atomic E-state index is 2.38. The van der Waals surface area contributed by atoms with Crippen molar-refractivity contribution < 1.29 is 0 Å². The van der Waals surface area contributed by atoms with Gasteiger partial charge in [0.25, 0.3) is 0 Å². The lowest BCUT2D eigenvalue weighted by molar-refractivity contribution is 0.858. The van der Waals surface area contributed by atoms with Crippen LogP contribution in [0.15, 0.2) is 34.4 Å². The zero-order valence-electron chi connectivity index (χ0n) is 8.02. The fraction of sp³-hybridized carbons (Fsp3) is 0.417. The van der Waals surface area contributed by atoms with E-state index in [2.05, 4.69) is 39.3 Å². The summed E-state index contributed by atoms with van der Waals surface area (Å²) in [5.41, 5.74) is 5.95. The maximum atomic E-state index is 2.38. The topological polar surface area (TPSA) is 0 Å². The Morgan fingerprint density at radius 3 is 2.92 bits per heavy atom. The third-order valence-corrected chi connectivity index (χ3v) is 2.76. The lowest BCUT2D eigenvalue weighted by Gasteiger charge is -2.06. The Hall–Kier alpha value is -0.910. The summed E-state index contributed by atoms with van der Waals surface area (Å²) >= 11 is 0. The molecule has 62 valence electrons. The second kappa shape index (κ2) is 2.55. The van der Waals surface area contributed by atoms with E-state index < -0.39 is 0 Å². The molecule has 0 amide bonds. The molecule has 2 aliphatic rings. The van der Waals surface area contributed by atoms with Crippen molar-refractivity contribution in [1.82, 2.24) is 0 Å². The molecule has 0 spiro atoms. The minimum Gasteiger partial charge on any atom is -0.0511 e. The Bertz CT molecular complexity index is 300. The van der Waals surface area contributed by atoms with Crippen molar-refractivity contribution in [1.29, 1.82) is 0 Å². The van der Waals surface area contributed by atoms with Gasteiger partial charge >= 0.3 is 0 Å². The van der Waals surface area contributed by atoms with Gasteiger partial charge in [0.2, 0.25) is 0 Å². The monoisotopic (exact) mass is 159 g/mol. The van der Waals surface area contributed by atoms with Crippen LogP contribution < -0.4 is 0 Å². The summed E-state index contributed by atoms with van der Waals surface area (Å²) in [7, 11) is 0. The summed E-state index contributed by atoms with van der Waals surface area (Å²) < 4.78 is 0. The first kappa shape index (κ1) is 7.72. The van der Waals surface area contributed by atoms with Gasteiger partial charge in [0.05, 0.1) is 6.42 Å². The number of rotatable bonds is 0. The Morgan fingerprint density at radius 2 is 2.17 bits per heavy atom. The molecule has 0 N–H and O–H groups in total. The SMILES string of the molecule is CC1=CC2=C([CH+]C1)C(C)C=C2C. The van der Waals surface area contributed by atoms with E-state index in [1.165, 1.54) is 22.3 Å². The van der Waals surface area contributed by atoms with Crippen LogP contribution in [0.5, 0.6) is 0 Å². The van der Waals surface area contributed by atoms with Gasteiger partial charge in [-0.15, -0.1) is 0 Å². The van der Waals surface area contributed by atoms with Crippen LogP contribution in [-0.2, 0) is 0 Å². The second-order valence-electron chi connectivity index (χ2n) is 3.91. The van der Waals surface area contributed by atoms with Crippen LogP contribution in [0.25, 0.3) is 0 Å². The van der Waals surface area contributed by atoms with Crippen molar-refractivity contribution in [2.75, 3.05) is 0 Å². The molecule has 0 aromatic rings. The molecule has 0 heterocycles. The molecule has 0 aliphatic heterocycles. The number of hydrogen-bond donors (Lipinski definition) is 0. The molecule has 0 saturated carbocycles. The summed E-state index contributed by atoms with van der Waals surface area (Å²) in [6.45, 7) is 6.69. The average Bonchev–Trinajstić information content (AvgIpc) is 2.28. The highest BCUT2D eigenvalue weighted by Gasteiger charge is 2.30. The van der Waals surface area contributed by atoms with Crippen LogP contribution in [0.3, 0.4) is 0 Å². The van der Waals surface area contributed by atoms with Crippen LogP contribution >= 0.6 is 0 Å². The number of allylic oxidation sites excluding steroid dienone is 6. The van der Waals surface area contributed by atoms with Crippen LogP contribution in [0.1, 0.15) is 27.2 Å². The summed E-state index contributed by atoms with van der Waals surface area (Å²) in [5, 5.41) is 0. The highest BCUT2D eigenvalue weighted by molar-refractivity contribution is 5.55. The third-order valence-electron chi connectivity index (χ3n) is 2.76. The molecule has 0 aromatic carbocycles. The Morgan fingerprint density at radius 1 is 1.42 bits per heavy atom. The molecule has 2 rings (SSSR count). The van der Waals surface area contributed by atoms with Crippen molar-refractivity contribution in [2.45, 2.75) is 27.2 Å². The van der Waals surface area contributed by atoms with E-state index in [0.717, 1.165) is 6.42 Å². The van der Waals surface area contributed by atoms with Gasteiger partial charge in [-0.05, 0) is 25.5 Å². The summed E-state index contributed by atoms with van der Waals surface area (Å²) in [6.07, 6.45) is 8.22. The molecule has 0 bridgehead atoms. The molecule has 12 heavy (non-hydrogen) atoms. The van der Waals surface area contributed by atoms with Crippen molar-refractivity contribution in [3.63, 3.8) is 0 Å². The fourth-order valence-corrected chi connectivity index (χ4v) is 2.10. The first-order valence-electron chi connectivity index (χ1n) is 4.62. The van der Waals surface area contributed by atoms with Crippen LogP contribution in [0, 0.1) is 12.3 Å². The first-order valence-corrected chi connectivity index (χ1v) is 4.62. The van der Waals surface area contributed by atoms with E-state index in [1.54, 1.807) is 0 Å². The Labute approximate surface area is 74.7 Å². The predicted molar refractivity (Wildman–Crippen MR) is 52.6 cm³/mol. The predicted octanol–water partition coefficient (Wildman–Crippen LogP) is 3.43. The summed E-state index contributed by atoms with van der Waals surface area (Å²) in [6, 6.07) is 0. The summed E-state index contributed by atoms with van der Waals surface area (Å²) in [4.78, 5) is 0. The highest BCUT2D eigenvalue weighted by atomic mass is 14.3. The van der Waals surface area contributed by atoms with Gasteiger partial charge in [0, 0.05) is 24.0 Å². The molecule has 0 aromatic heterocycles. The third kappa shape index (κ3) is 1.03. The van der Waals surface area contributed by atoms with Crippen LogP contribution in [0.2, 0.25) is 0 Å². The average molecular weight is 159 g/mol. The zero-order chi connectivity index (χ0) is 8.72. The summed E-state index contributed by atoms with van der Waals surface area (Å²) in [5.74, 6) is 0.643. The molecule has 0 heteroatoms. The van der Waals surface area contributed by atoms with E-state index in [4.69, 9.17) is 0 Å². The van der Waals surface area contributed by atoms with E-state index in [0.29, 0.717) is 5.92 Å². The second-order valence-corrected chi connectivity index (χ2v) is 3.91. The lowest BCUT2D eigenvalue weighted by atomic mass is 9.89. The molecule has 2 aliphatic carbocycles. The lowest BCUT2D eigenvalue weighted by Crippen LogP contribution is -2.00. The van der Waals surface area contributed by atoms with Crippen LogP contribution in [-0.4, -0.2) is 0 Å². The van der Waals surface area contributed by atoms with Crippen molar-refractivity contribution >= 4 is 0 Å². The molecular weight excluding hydrogens is 144 g/mol. The van der Waals surface area contributed by atoms with Gasteiger partial charge < -0.3 is 0 Å². The minimum atomic E-state index is 0.643. The molecule has 0 saturated heterocycles. The van der Waals surface area contributed by atoms with Crippen LogP contribution in [0.4, 0.5) is 0 Å². The fourth-order valence-electron chi connectivity index (χ4n) is 2.10. The molecule has 0 radical (unpaired) electrons. The first-order chi connectivity index (χ1) is 5.68. The van der Waals surface area contributed by atoms with Crippen molar-refractivity contribution in [2.24, 2.45) is 5.92 Å². The van der Waals surface area contributed by atoms with E-state index in [-0.39, 0.29) is 0 Å². The standard InChI is InChI=1S/C12H15/c1-8-4-5-11-9(2)7-10(3)12(11)6-8/h5-7,9H,4H2,1-3H3/q+1. The van der Waals surface area contributed by atoms with Gasteiger partial charge in [-0.25, -0.2) is 0 Å². The zero-order valence-corrected chi connectivity index (χ0v) is 8.02. The largest absolute Gasteiger partial charge is 0.122 e. The molecule has 1 unspecified atom stereocenters. The van der Waals surface area contributed by atoms with Gasteiger partial charge in [0.15, 0.2) is 0 Å². The molecule has 0 nitrogen and oxygen atoms in total. The maximum Gasteiger partial charge on any atom is 0.122 e. The van der Waals surface area contributed by atoms with Gasteiger partial charge in [0.1, 0.15) is 11.1 Å². The van der Waals surface area contributed by atoms with Gasteiger partial charge in [-0.3, -0.25) is 0 Å². The Balaban J connectivity index is 2.43. The van der Waals surface area contributed by atoms with Crippen molar-refractivity contribution in [3.8, 4) is 0 Å². The van der Waals surface area contributed by atoms with E-state index in [9.17, 15) is 0 Å². The van der Waals surface area contributed by atoms with E-state index in [1.807, 2.05) is 0 Å². The smallest absolute Gasteiger partial charge is 0.0511 e. The Kier molecular flexibility index (Phi) is 1.64. The quantitative estimate of drug-likeness (QED) is 0.475. The molecule has 1 atom stereocenters. The molecular formula is C12H15+. The van der Waals surface area contributed by atoms with Crippen molar-refractivity contribution in [3.05, 3.63) is 40.9 Å². The highest BCUT2D eigenvalue weighted by Crippen LogP contribution is 2.38. The normalized spacial score (nSPS) is 27.8. The molecule has 0 fully saturated rings. The van der Waals surface area contributed by atoms with Gasteiger partial charge in [-0.2, -0.15) is 0 Å². The van der Waals surface area contributed by atoms with Gasteiger partial charge in [-0.1, -0.05) is 6.92 Å². The van der Waals surface area contributed by atoms with E-state index >= 15 is 0 Å². The minimum absolute atomic E-state index is 0.643. The number of hydrogen-bond acceptors (Lipinski definition) is 0.